The van der Waals surface area contributed by atoms with Crippen molar-refractivity contribution < 1.29 is 0 Å². The standard InChI is InChI=1S/C24H20BrN3/c1-15-7-8-18(13-16(15)2)21-14-23(17-9-11-19(25)12-10-17)28-22-6-4-3-5-20(22)26-24(28)27-21/h3-14,23H,1-2H3,(H,26,27)/t23-/m1/s1. The number of halogens is 1. The molecule has 138 valence electrons. The number of imidazole rings is 1. The van der Waals surface area contributed by atoms with E-state index in [0.717, 1.165) is 27.2 Å². The van der Waals surface area contributed by atoms with Crippen LogP contribution >= 0.6 is 15.9 Å². The lowest BCUT2D eigenvalue weighted by Gasteiger charge is -2.27. The number of para-hydroxylation sites is 2. The van der Waals surface area contributed by atoms with Gasteiger partial charge in [-0.25, -0.2) is 4.98 Å². The molecule has 0 radical (unpaired) electrons. The molecule has 0 unspecified atom stereocenters. The van der Waals surface area contributed by atoms with E-state index < -0.39 is 0 Å². The monoisotopic (exact) mass is 429 g/mol. The molecule has 28 heavy (non-hydrogen) atoms. The van der Waals surface area contributed by atoms with Crippen molar-refractivity contribution in [3.05, 3.63) is 99.5 Å². The highest BCUT2D eigenvalue weighted by atomic mass is 79.9. The Morgan fingerprint density at radius 1 is 0.929 bits per heavy atom. The van der Waals surface area contributed by atoms with Crippen LogP contribution in [0.2, 0.25) is 0 Å². The molecule has 1 atom stereocenters. The second-order valence-corrected chi connectivity index (χ2v) is 8.21. The minimum atomic E-state index is 0.0772. The lowest BCUT2D eigenvalue weighted by Crippen LogP contribution is -2.19. The van der Waals surface area contributed by atoms with Crippen LogP contribution in [0.4, 0.5) is 5.95 Å². The molecule has 4 heteroatoms. The third-order valence-corrected chi connectivity index (χ3v) is 6.00. The van der Waals surface area contributed by atoms with Crippen LogP contribution < -0.4 is 5.32 Å². The fraction of sp³-hybridized carbons (Fsp3) is 0.125. The van der Waals surface area contributed by atoms with Gasteiger partial charge in [0.25, 0.3) is 0 Å². The number of aryl methyl sites for hydroxylation is 2. The summed E-state index contributed by atoms with van der Waals surface area (Å²) in [7, 11) is 0. The van der Waals surface area contributed by atoms with Crippen LogP contribution in [0.1, 0.15) is 28.3 Å². The molecule has 0 saturated carbocycles. The zero-order valence-electron chi connectivity index (χ0n) is 15.8. The summed E-state index contributed by atoms with van der Waals surface area (Å²) < 4.78 is 3.36. The van der Waals surface area contributed by atoms with Crippen molar-refractivity contribution >= 4 is 38.6 Å². The van der Waals surface area contributed by atoms with E-state index in [0.29, 0.717) is 0 Å². The quantitative estimate of drug-likeness (QED) is 0.395. The number of rotatable bonds is 2. The SMILES string of the molecule is Cc1ccc(C2=C[C@H](c3ccc(Br)cc3)n3c(nc4ccccc43)N2)cc1C. The van der Waals surface area contributed by atoms with Gasteiger partial charge in [0, 0.05) is 10.2 Å². The van der Waals surface area contributed by atoms with Crippen molar-refractivity contribution in [1.82, 2.24) is 9.55 Å². The highest BCUT2D eigenvalue weighted by molar-refractivity contribution is 9.10. The summed E-state index contributed by atoms with van der Waals surface area (Å²) in [5.74, 6) is 0.879. The van der Waals surface area contributed by atoms with Gasteiger partial charge in [-0.05, 0) is 72.5 Å². The fourth-order valence-corrected chi connectivity index (χ4v) is 4.06. The van der Waals surface area contributed by atoms with Crippen LogP contribution in [0.25, 0.3) is 16.7 Å². The van der Waals surface area contributed by atoms with Gasteiger partial charge in [0.2, 0.25) is 5.95 Å². The summed E-state index contributed by atoms with van der Waals surface area (Å²) in [5.41, 5.74) is 8.24. The first-order valence-corrected chi connectivity index (χ1v) is 10.2. The maximum atomic E-state index is 4.86. The lowest BCUT2D eigenvalue weighted by atomic mass is 9.99. The van der Waals surface area contributed by atoms with Crippen molar-refractivity contribution in [2.75, 3.05) is 5.32 Å². The Morgan fingerprint density at radius 2 is 1.71 bits per heavy atom. The number of fused-ring (bicyclic) bond motifs is 3. The summed E-state index contributed by atoms with van der Waals surface area (Å²) in [5, 5.41) is 3.56. The Labute approximate surface area is 172 Å². The molecule has 1 N–H and O–H groups in total. The van der Waals surface area contributed by atoms with Gasteiger partial charge in [0.15, 0.2) is 0 Å². The number of hydrogen-bond acceptors (Lipinski definition) is 2. The van der Waals surface area contributed by atoms with E-state index in [1.54, 1.807) is 0 Å². The molecule has 4 aromatic rings. The maximum Gasteiger partial charge on any atom is 0.209 e. The molecule has 0 amide bonds. The number of hydrogen-bond donors (Lipinski definition) is 1. The van der Waals surface area contributed by atoms with Gasteiger partial charge >= 0.3 is 0 Å². The van der Waals surface area contributed by atoms with Crippen LogP contribution in [0.3, 0.4) is 0 Å². The van der Waals surface area contributed by atoms with Crippen LogP contribution in [-0.2, 0) is 0 Å². The molecule has 5 rings (SSSR count). The van der Waals surface area contributed by atoms with E-state index in [1.165, 1.54) is 22.3 Å². The maximum absolute atomic E-state index is 4.86. The van der Waals surface area contributed by atoms with Gasteiger partial charge in [-0.15, -0.1) is 0 Å². The summed E-state index contributed by atoms with van der Waals surface area (Å²) in [6, 6.07) is 23.5. The normalized spacial score (nSPS) is 15.8. The molecule has 1 aromatic heterocycles. The van der Waals surface area contributed by atoms with E-state index in [4.69, 9.17) is 4.98 Å². The Kier molecular flexibility index (Phi) is 4.09. The Bertz CT molecular complexity index is 1220. The summed E-state index contributed by atoms with van der Waals surface area (Å²) in [6.07, 6.45) is 2.30. The van der Waals surface area contributed by atoms with Crippen molar-refractivity contribution in [3.8, 4) is 0 Å². The summed E-state index contributed by atoms with van der Waals surface area (Å²) in [4.78, 5) is 4.86. The number of benzene rings is 3. The van der Waals surface area contributed by atoms with Gasteiger partial charge in [-0.3, -0.25) is 4.57 Å². The average molecular weight is 430 g/mol. The molecular weight excluding hydrogens is 410 g/mol. The fourth-order valence-electron chi connectivity index (χ4n) is 3.79. The summed E-state index contributed by atoms with van der Waals surface area (Å²) in [6.45, 7) is 4.30. The second-order valence-electron chi connectivity index (χ2n) is 7.29. The largest absolute Gasteiger partial charge is 0.325 e. The van der Waals surface area contributed by atoms with Gasteiger partial charge < -0.3 is 5.32 Å². The smallest absolute Gasteiger partial charge is 0.209 e. The lowest BCUT2D eigenvalue weighted by molar-refractivity contribution is 0.720. The predicted octanol–water partition coefficient (Wildman–Crippen LogP) is 6.47. The molecule has 0 bridgehead atoms. The van der Waals surface area contributed by atoms with Crippen molar-refractivity contribution in [2.24, 2.45) is 0 Å². The van der Waals surface area contributed by atoms with Gasteiger partial charge in [-0.2, -0.15) is 0 Å². The second kappa shape index (κ2) is 6.64. The zero-order chi connectivity index (χ0) is 19.3. The third-order valence-electron chi connectivity index (χ3n) is 5.47. The van der Waals surface area contributed by atoms with Crippen LogP contribution in [0, 0.1) is 13.8 Å². The molecule has 0 fully saturated rings. The molecule has 1 aliphatic rings. The van der Waals surface area contributed by atoms with Gasteiger partial charge in [0.1, 0.15) is 0 Å². The van der Waals surface area contributed by atoms with Crippen LogP contribution in [0.5, 0.6) is 0 Å². The third kappa shape index (κ3) is 2.85. The highest BCUT2D eigenvalue weighted by Crippen LogP contribution is 2.37. The molecule has 2 heterocycles. The van der Waals surface area contributed by atoms with Crippen LogP contribution in [0.15, 0.2) is 77.3 Å². The van der Waals surface area contributed by atoms with Gasteiger partial charge in [-0.1, -0.05) is 52.3 Å². The topological polar surface area (TPSA) is 29.9 Å². The first kappa shape index (κ1) is 17.3. The van der Waals surface area contributed by atoms with E-state index in [1.807, 2.05) is 6.07 Å². The molecule has 3 aromatic carbocycles. The molecule has 0 spiro atoms. The van der Waals surface area contributed by atoms with E-state index in [9.17, 15) is 0 Å². The number of allylic oxidation sites excluding steroid dienone is 1. The van der Waals surface area contributed by atoms with E-state index >= 15 is 0 Å². The zero-order valence-corrected chi connectivity index (χ0v) is 17.4. The molecule has 1 aliphatic heterocycles. The predicted molar refractivity (Wildman–Crippen MR) is 120 cm³/mol. The summed E-state index contributed by atoms with van der Waals surface area (Å²) >= 11 is 3.55. The van der Waals surface area contributed by atoms with Crippen LogP contribution in [-0.4, -0.2) is 9.55 Å². The number of aromatic nitrogens is 2. The Hall–Kier alpha value is -2.85. The first-order valence-electron chi connectivity index (χ1n) is 9.39. The first-order chi connectivity index (χ1) is 13.6. The minimum absolute atomic E-state index is 0.0772. The van der Waals surface area contributed by atoms with Crippen molar-refractivity contribution in [2.45, 2.75) is 19.9 Å². The van der Waals surface area contributed by atoms with E-state index in [-0.39, 0.29) is 6.04 Å². The Balaban J connectivity index is 1.71. The van der Waals surface area contributed by atoms with E-state index in [2.05, 4.69) is 106 Å². The number of nitrogens with zero attached hydrogens (tertiary/aromatic N) is 2. The molecule has 3 nitrogen and oxygen atoms in total. The molecule has 0 saturated heterocycles. The average Bonchev–Trinajstić information content (AvgIpc) is 3.08. The highest BCUT2D eigenvalue weighted by Gasteiger charge is 2.25. The number of anilines is 1. The van der Waals surface area contributed by atoms with Crippen molar-refractivity contribution in [1.29, 1.82) is 0 Å². The van der Waals surface area contributed by atoms with Crippen molar-refractivity contribution in [3.63, 3.8) is 0 Å². The Morgan fingerprint density at radius 3 is 2.50 bits per heavy atom. The molecular formula is C24H20BrN3. The minimum Gasteiger partial charge on any atom is -0.325 e. The number of nitrogens with one attached hydrogen (secondary N) is 1. The van der Waals surface area contributed by atoms with Gasteiger partial charge in [0.05, 0.1) is 17.1 Å². The molecule has 0 aliphatic carbocycles.